The molecule has 2 heterocycles. The van der Waals surface area contributed by atoms with Gasteiger partial charge in [-0.1, -0.05) is 0 Å². The van der Waals surface area contributed by atoms with Crippen LogP contribution in [0.4, 0.5) is 0 Å². The molecule has 0 bridgehead atoms. The molecule has 0 atom stereocenters. The third-order valence-corrected chi connectivity index (χ3v) is 4.30. The van der Waals surface area contributed by atoms with Crippen LogP contribution in [0.1, 0.15) is 11.3 Å². The molecule has 0 amide bonds. The zero-order valence-corrected chi connectivity index (χ0v) is 11.5. The third kappa shape index (κ3) is 3.20. The Kier molecular flexibility index (Phi) is 4.18. The molecule has 0 fully saturated rings. The number of thiophene rings is 1. The van der Waals surface area contributed by atoms with E-state index in [1.807, 2.05) is 16.8 Å². The molecule has 2 aromatic heterocycles. The molecule has 18 heavy (non-hydrogen) atoms. The molecule has 2 N–H and O–H groups in total. The fraction of sp³-hybridized carbons (Fsp3) is 0.273. The van der Waals surface area contributed by atoms with Crippen LogP contribution in [0.15, 0.2) is 38.5 Å². The molecule has 7 heteroatoms. The molecule has 2 rings (SSSR count). The summed E-state index contributed by atoms with van der Waals surface area (Å²) >= 11 is 1.53. The Morgan fingerprint density at radius 2 is 2.11 bits per heavy atom. The van der Waals surface area contributed by atoms with Crippen LogP contribution >= 0.6 is 11.3 Å². The second-order valence-electron chi connectivity index (χ2n) is 3.71. The standard InChI is InChI=1S/C11H14N2O3S2/c1-12-7-10-2-3-11(16-10)18(14,15)13-6-9-4-5-17-8-9/h2-5,8,12-13H,6-7H2,1H3. The van der Waals surface area contributed by atoms with Gasteiger partial charge in [-0.2, -0.15) is 11.3 Å². The van der Waals surface area contributed by atoms with Crippen molar-refractivity contribution in [1.29, 1.82) is 0 Å². The summed E-state index contributed by atoms with van der Waals surface area (Å²) in [5.41, 5.74) is 0.936. The molecule has 0 saturated carbocycles. The molecule has 0 saturated heterocycles. The summed E-state index contributed by atoms with van der Waals surface area (Å²) in [5, 5.41) is 6.65. The summed E-state index contributed by atoms with van der Waals surface area (Å²) < 4.78 is 31.6. The Morgan fingerprint density at radius 1 is 1.28 bits per heavy atom. The predicted octanol–water partition coefficient (Wildman–Crippen LogP) is 1.54. The molecule has 0 aliphatic carbocycles. The van der Waals surface area contributed by atoms with Crippen LogP contribution in [-0.2, 0) is 23.1 Å². The minimum absolute atomic E-state index is 0.0528. The van der Waals surface area contributed by atoms with E-state index in [2.05, 4.69) is 10.0 Å². The van der Waals surface area contributed by atoms with Gasteiger partial charge in [-0.25, -0.2) is 13.1 Å². The second kappa shape index (κ2) is 5.66. The maximum absolute atomic E-state index is 11.9. The lowest BCUT2D eigenvalue weighted by Crippen LogP contribution is -2.22. The van der Waals surface area contributed by atoms with Crippen molar-refractivity contribution in [2.24, 2.45) is 0 Å². The highest BCUT2D eigenvalue weighted by Gasteiger charge is 2.18. The average molecular weight is 286 g/mol. The normalized spacial score (nSPS) is 11.8. The molecule has 0 spiro atoms. The number of hydrogen-bond acceptors (Lipinski definition) is 5. The van der Waals surface area contributed by atoms with Crippen molar-refractivity contribution in [1.82, 2.24) is 10.0 Å². The van der Waals surface area contributed by atoms with Crippen molar-refractivity contribution in [2.45, 2.75) is 18.2 Å². The van der Waals surface area contributed by atoms with Crippen molar-refractivity contribution >= 4 is 21.4 Å². The first-order chi connectivity index (χ1) is 8.62. The molecule has 0 unspecified atom stereocenters. The van der Waals surface area contributed by atoms with Gasteiger partial charge in [0.15, 0.2) is 0 Å². The van der Waals surface area contributed by atoms with Crippen LogP contribution < -0.4 is 10.0 Å². The van der Waals surface area contributed by atoms with Gasteiger partial charge in [-0.05, 0) is 41.6 Å². The van der Waals surface area contributed by atoms with Gasteiger partial charge >= 0.3 is 0 Å². The lowest BCUT2D eigenvalue weighted by atomic mass is 10.4. The van der Waals surface area contributed by atoms with E-state index in [9.17, 15) is 8.42 Å². The monoisotopic (exact) mass is 286 g/mol. The third-order valence-electron chi connectivity index (χ3n) is 2.30. The molecule has 0 aliphatic rings. The van der Waals surface area contributed by atoms with Crippen LogP contribution in [0.5, 0.6) is 0 Å². The van der Waals surface area contributed by atoms with Crippen LogP contribution in [0, 0.1) is 0 Å². The van der Waals surface area contributed by atoms with E-state index in [-0.39, 0.29) is 11.6 Å². The zero-order valence-electron chi connectivity index (χ0n) is 9.84. The van der Waals surface area contributed by atoms with Crippen molar-refractivity contribution in [3.05, 3.63) is 40.3 Å². The fourth-order valence-electron chi connectivity index (χ4n) is 1.41. The minimum Gasteiger partial charge on any atom is -0.447 e. The largest absolute Gasteiger partial charge is 0.447 e. The Balaban J connectivity index is 2.05. The summed E-state index contributed by atoms with van der Waals surface area (Å²) in [5.74, 6) is 0.591. The highest BCUT2D eigenvalue weighted by Crippen LogP contribution is 2.14. The van der Waals surface area contributed by atoms with E-state index in [0.29, 0.717) is 12.3 Å². The van der Waals surface area contributed by atoms with Crippen LogP contribution in [0.2, 0.25) is 0 Å². The van der Waals surface area contributed by atoms with E-state index in [4.69, 9.17) is 4.42 Å². The number of furan rings is 1. The van der Waals surface area contributed by atoms with Crippen LogP contribution in [0.3, 0.4) is 0 Å². The van der Waals surface area contributed by atoms with E-state index >= 15 is 0 Å². The van der Waals surface area contributed by atoms with Gasteiger partial charge in [-0.3, -0.25) is 0 Å². The highest BCUT2D eigenvalue weighted by molar-refractivity contribution is 7.89. The Labute approximate surface area is 110 Å². The average Bonchev–Trinajstić information content (AvgIpc) is 2.98. The first kappa shape index (κ1) is 13.3. The number of sulfonamides is 1. The minimum atomic E-state index is -3.57. The highest BCUT2D eigenvalue weighted by atomic mass is 32.2. The van der Waals surface area contributed by atoms with E-state index in [1.165, 1.54) is 17.4 Å². The Hall–Kier alpha value is -1.15. The summed E-state index contributed by atoms with van der Waals surface area (Å²) in [6.45, 7) is 0.772. The first-order valence-corrected chi connectivity index (χ1v) is 7.78. The van der Waals surface area contributed by atoms with Crippen LogP contribution in [-0.4, -0.2) is 15.5 Å². The zero-order chi connectivity index (χ0) is 13.0. The predicted molar refractivity (Wildman–Crippen MR) is 69.8 cm³/mol. The number of hydrogen-bond donors (Lipinski definition) is 2. The lowest BCUT2D eigenvalue weighted by molar-refractivity contribution is 0.404. The SMILES string of the molecule is CNCc1ccc(S(=O)(=O)NCc2ccsc2)o1. The molecule has 2 aromatic rings. The molecular formula is C11H14N2O3S2. The molecular weight excluding hydrogens is 272 g/mol. The topological polar surface area (TPSA) is 71.3 Å². The van der Waals surface area contributed by atoms with Crippen molar-refractivity contribution < 1.29 is 12.8 Å². The fourth-order valence-corrected chi connectivity index (χ4v) is 3.05. The van der Waals surface area contributed by atoms with Gasteiger partial charge < -0.3 is 9.73 Å². The maximum Gasteiger partial charge on any atom is 0.274 e. The van der Waals surface area contributed by atoms with Gasteiger partial charge in [-0.15, -0.1) is 0 Å². The van der Waals surface area contributed by atoms with Gasteiger partial charge in [0.25, 0.3) is 10.0 Å². The summed E-state index contributed by atoms with van der Waals surface area (Å²) in [7, 11) is -1.80. The summed E-state index contributed by atoms with van der Waals surface area (Å²) in [6, 6.07) is 4.99. The van der Waals surface area contributed by atoms with Gasteiger partial charge in [0, 0.05) is 6.54 Å². The quantitative estimate of drug-likeness (QED) is 0.845. The van der Waals surface area contributed by atoms with Gasteiger partial charge in [0.2, 0.25) is 5.09 Å². The molecule has 98 valence electrons. The smallest absolute Gasteiger partial charge is 0.274 e. The van der Waals surface area contributed by atoms with E-state index in [1.54, 1.807) is 13.1 Å². The second-order valence-corrected chi connectivity index (χ2v) is 6.19. The molecule has 5 nitrogen and oxygen atoms in total. The van der Waals surface area contributed by atoms with Crippen molar-refractivity contribution in [2.75, 3.05) is 7.05 Å². The Morgan fingerprint density at radius 3 is 2.78 bits per heavy atom. The maximum atomic E-state index is 11.9. The number of rotatable bonds is 6. The first-order valence-electron chi connectivity index (χ1n) is 5.36. The van der Waals surface area contributed by atoms with E-state index < -0.39 is 10.0 Å². The van der Waals surface area contributed by atoms with Gasteiger partial charge in [0.1, 0.15) is 5.76 Å². The summed E-state index contributed by atoms with van der Waals surface area (Å²) in [4.78, 5) is 0. The van der Waals surface area contributed by atoms with E-state index in [0.717, 1.165) is 5.56 Å². The Bertz CT molecular complexity index is 588. The van der Waals surface area contributed by atoms with Gasteiger partial charge in [0.05, 0.1) is 6.54 Å². The summed E-state index contributed by atoms with van der Waals surface area (Å²) in [6.07, 6.45) is 0. The van der Waals surface area contributed by atoms with Crippen molar-refractivity contribution in [3.63, 3.8) is 0 Å². The van der Waals surface area contributed by atoms with Crippen LogP contribution in [0.25, 0.3) is 0 Å². The molecule has 0 radical (unpaired) electrons. The number of nitrogens with one attached hydrogen (secondary N) is 2. The molecule has 0 aromatic carbocycles. The molecule has 0 aliphatic heterocycles. The van der Waals surface area contributed by atoms with Crippen molar-refractivity contribution in [3.8, 4) is 0 Å². The lowest BCUT2D eigenvalue weighted by Gasteiger charge is -2.02.